The van der Waals surface area contributed by atoms with Gasteiger partial charge in [0.15, 0.2) is 0 Å². The van der Waals surface area contributed by atoms with Gasteiger partial charge in [-0.3, -0.25) is 0 Å². The average Bonchev–Trinajstić information content (AvgIpc) is 2.02. The number of aliphatic hydroxyl groups excluding tert-OH is 1. The van der Waals surface area contributed by atoms with Crippen LogP contribution in [-0.2, 0) is 4.74 Å². The molecule has 0 unspecified atom stereocenters. The zero-order valence-electron chi connectivity index (χ0n) is 9.05. The highest BCUT2D eigenvalue weighted by Crippen LogP contribution is 2.36. The first-order valence-electron chi connectivity index (χ1n) is 5.29. The zero-order valence-corrected chi connectivity index (χ0v) is 9.05. The van der Waals surface area contributed by atoms with Crippen LogP contribution in [-0.4, -0.2) is 23.9 Å². The molecule has 1 rings (SSSR count). The van der Waals surface area contributed by atoms with Crippen LogP contribution >= 0.6 is 0 Å². The van der Waals surface area contributed by atoms with E-state index in [4.69, 9.17) is 9.84 Å². The molecule has 13 heavy (non-hydrogen) atoms. The van der Waals surface area contributed by atoms with E-state index in [0.29, 0.717) is 18.1 Å². The van der Waals surface area contributed by atoms with E-state index in [1.165, 1.54) is 12.8 Å². The fourth-order valence-corrected chi connectivity index (χ4v) is 1.81. The summed E-state index contributed by atoms with van der Waals surface area (Å²) in [7, 11) is 0. The molecule has 1 aliphatic carbocycles. The molecule has 0 aliphatic heterocycles. The summed E-state index contributed by atoms with van der Waals surface area (Å²) in [5.41, 5.74) is 0.505. The van der Waals surface area contributed by atoms with Gasteiger partial charge in [-0.25, -0.2) is 0 Å². The molecule has 0 spiro atoms. The Morgan fingerprint density at radius 3 is 2.38 bits per heavy atom. The zero-order chi connectivity index (χ0) is 9.90. The molecule has 0 aromatic heterocycles. The quantitative estimate of drug-likeness (QED) is 0.733. The molecule has 0 saturated heterocycles. The lowest BCUT2D eigenvalue weighted by atomic mass is 9.76. The summed E-state index contributed by atoms with van der Waals surface area (Å²) < 4.78 is 5.59. The molecule has 1 atom stereocenters. The summed E-state index contributed by atoms with van der Waals surface area (Å²) in [5.74, 6) is 0. The van der Waals surface area contributed by atoms with Crippen LogP contribution < -0.4 is 0 Å². The fraction of sp³-hybridized carbons (Fsp3) is 1.00. The third-order valence-electron chi connectivity index (χ3n) is 2.86. The number of aliphatic hydroxyl groups is 1. The summed E-state index contributed by atoms with van der Waals surface area (Å²) in [6, 6.07) is 0. The molecular weight excluding hydrogens is 164 g/mol. The summed E-state index contributed by atoms with van der Waals surface area (Å²) in [6.07, 6.45) is 4.87. The van der Waals surface area contributed by atoms with Crippen molar-refractivity contribution in [3.63, 3.8) is 0 Å². The predicted molar refractivity (Wildman–Crippen MR) is 53.7 cm³/mol. The van der Waals surface area contributed by atoms with Crippen molar-refractivity contribution in [3.05, 3.63) is 0 Å². The Bertz CT molecular complexity index is 139. The van der Waals surface area contributed by atoms with E-state index in [2.05, 4.69) is 13.8 Å². The fourth-order valence-electron chi connectivity index (χ4n) is 1.81. The van der Waals surface area contributed by atoms with Gasteiger partial charge in [-0.05, 0) is 38.0 Å². The largest absolute Gasteiger partial charge is 0.391 e. The Balaban J connectivity index is 2.18. The Labute approximate surface area is 81.3 Å². The molecule has 1 N–H and O–H groups in total. The van der Waals surface area contributed by atoms with Gasteiger partial charge >= 0.3 is 0 Å². The Hall–Kier alpha value is -0.0800. The van der Waals surface area contributed by atoms with Gasteiger partial charge in [0.2, 0.25) is 0 Å². The molecule has 0 bridgehead atoms. The van der Waals surface area contributed by atoms with Crippen LogP contribution in [0.2, 0.25) is 0 Å². The maximum atomic E-state index is 9.06. The minimum atomic E-state index is -0.324. The topological polar surface area (TPSA) is 29.5 Å². The van der Waals surface area contributed by atoms with Gasteiger partial charge < -0.3 is 9.84 Å². The van der Waals surface area contributed by atoms with Crippen molar-refractivity contribution < 1.29 is 9.84 Å². The van der Waals surface area contributed by atoms with Gasteiger partial charge in [0.05, 0.1) is 18.8 Å². The van der Waals surface area contributed by atoms with E-state index >= 15 is 0 Å². The SMILES string of the molecule is C[C@@H](O)COC1CCC(C)(C)CC1. The van der Waals surface area contributed by atoms with Crippen molar-refractivity contribution >= 4 is 0 Å². The Morgan fingerprint density at radius 1 is 1.38 bits per heavy atom. The van der Waals surface area contributed by atoms with E-state index in [0.717, 1.165) is 12.8 Å². The molecule has 0 amide bonds. The lowest BCUT2D eigenvalue weighted by Gasteiger charge is -2.34. The molecule has 2 nitrogen and oxygen atoms in total. The number of rotatable bonds is 3. The summed E-state index contributed by atoms with van der Waals surface area (Å²) in [6.45, 7) is 6.90. The minimum Gasteiger partial charge on any atom is -0.391 e. The molecule has 0 aromatic carbocycles. The Kier molecular flexibility index (Phi) is 3.74. The molecule has 0 heterocycles. The summed E-state index contributed by atoms with van der Waals surface area (Å²) in [5, 5.41) is 9.06. The van der Waals surface area contributed by atoms with Crippen molar-refractivity contribution in [2.24, 2.45) is 5.41 Å². The molecule has 1 fully saturated rings. The second-order valence-electron chi connectivity index (χ2n) is 5.05. The summed E-state index contributed by atoms with van der Waals surface area (Å²) >= 11 is 0. The molecule has 0 radical (unpaired) electrons. The average molecular weight is 186 g/mol. The predicted octanol–water partition coefficient (Wildman–Crippen LogP) is 2.35. The lowest BCUT2D eigenvalue weighted by molar-refractivity contribution is -0.0323. The van der Waals surface area contributed by atoms with Gasteiger partial charge in [-0.2, -0.15) is 0 Å². The second-order valence-corrected chi connectivity index (χ2v) is 5.05. The third kappa shape index (κ3) is 4.10. The van der Waals surface area contributed by atoms with Gasteiger partial charge in [0, 0.05) is 0 Å². The smallest absolute Gasteiger partial charge is 0.0745 e. The molecule has 1 saturated carbocycles. The number of hydrogen-bond acceptors (Lipinski definition) is 2. The molecular formula is C11H22O2. The van der Waals surface area contributed by atoms with E-state index in [1.807, 2.05) is 0 Å². The van der Waals surface area contributed by atoms with E-state index in [9.17, 15) is 0 Å². The van der Waals surface area contributed by atoms with Crippen molar-refractivity contribution in [2.75, 3.05) is 6.61 Å². The number of ether oxygens (including phenoxy) is 1. The highest BCUT2D eigenvalue weighted by Gasteiger charge is 2.27. The highest BCUT2D eigenvalue weighted by molar-refractivity contribution is 4.78. The first kappa shape index (κ1) is 11.0. The van der Waals surface area contributed by atoms with Gasteiger partial charge in [0.1, 0.15) is 0 Å². The van der Waals surface area contributed by atoms with Crippen LogP contribution in [0.1, 0.15) is 46.5 Å². The van der Waals surface area contributed by atoms with Crippen LogP contribution in [0.5, 0.6) is 0 Å². The first-order valence-corrected chi connectivity index (χ1v) is 5.29. The van der Waals surface area contributed by atoms with Gasteiger partial charge in [-0.1, -0.05) is 13.8 Å². The van der Waals surface area contributed by atoms with Crippen molar-refractivity contribution in [3.8, 4) is 0 Å². The van der Waals surface area contributed by atoms with Gasteiger partial charge in [-0.15, -0.1) is 0 Å². The van der Waals surface area contributed by atoms with Crippen molar-refractivity contribution in [1.29, 1.82) is 0 Å². The van der Waals surface area contributed by atoms with Gasteiger partial charge in [0.25, 0.3) is 0 Å². The standard InChI is InChI=1S/C11H22O2/c1-9(12)8-13-10-4-6-11(2,3)7-5-10/h9-10,12H,4-8H2,1-3H3/t9-/m1/s1. The van der Waals surface area contributed by atoms with Crippen LogP contribution in [0.25, 0.3) is 0 Å². The monoisotopic (exact) mass is 186 g/mol. The van der Waals surface area contributed by atoms with E-state index < -0.39 is 0 Å². The lowest BCUT2D eigenvalue weighted by Crippen LogP contribution is -2.28. The highest BCUT2D eigenvalue weighted by atomic mass is 16.5. The number of hydrogen-bond donors (Lipinski definition) is 1. The normalized spacial score (nSPS) is 25.8. The second kappa shape index (κ2) is 4.43. The Morgan fingerprint density at radius 2 is 1.92 bits per heavy atom. The molecule has 78 valence electrons. The van der Waals surface area contributed by atoms with Crippen molar-refractivity contribution in [2.45, 2.75) is 58.7 Å². The van der Waals surface area contributed by atoms with Crippen LogP contribution in [0.15, 0.2) is 0 Å². The minimum absolute atomic E-state index is 0.324. The maximum Gasteiger partial charge on any atom is 0.0745 e. The van der Waals surface area contributed by atoms with Crippen LogP contribution in [0.4, 0.5) is 0 Å². The third-order valence-corrected chi connectivity index (χ3v) is 2.86. The van der Waals surface area contributed by atoms with Crippen LogP contribution in [0, 0.1) is 5.41 Å². The molecule has 2 heteroatoms. The molecule has 0 aromatic rings. The maximum absolute atomic E-state index is 9.06. The molecule has 1 aliphatic rings. The first-order chi connectivity index (χ1) is 5.99. The van der Waals surface area contributed by atoms with Crippen LogP contribution in [0.3, 0.4) is 0 Å². The van der Waals surface area contributed by atoms with E-state index in [-0.39, 0.29) is 6.10 Å². The van der Waals surface area contributed by atoms with E-state index in [1.54, 1.807) is 6.92 Å². The van der Waals surface area contributed by atoms with Crippen molar-refractivity contribution in [1.82, 2.24) is 0 Å². The summed E-state index contributed by atoms with van der Waals surface area (Å²) in [4.78, 5) is 0.